The molecule has 0 aromatic carbocycles. The summed E-state index contributed by atoms with van der Waals surface area (Å²) in [7, 11) is 1.50. The van der Waals surface area contributed by atoms with Gasteiger partial charge in [-0.15, -0.1) is 0 Å². The zero-order valence-electron chi connectivity index (χ0n) is 11.5. The lowest BCUT2D eigenvalue weighted by molar-refractivity contribution is 0.0125. The van der Waals surface area contributed by atoms with E-state index in [0.29, 0.717) is 5.82 Å². The van der Waals surface area contributed by atoms with Crippen LogP contribution in [-0.4, -0.2) is 27.4 Å². The van der Waals surface area contributed by atoms with Gasteiger partial charge in [-0.05, 0) is 13.8 Å². The van der Waals surface area contributed by atoms with Gasteiger partial charge in [-0.25, -0.2) is 13.8 Å². The molecule has 112 valence electrons. The molecule has 2 rings (SSSR count). The summed E-state index contributed by atoms with van der Waals surface area (Å²) in [6.07, 6.45) is 1.52. The van der Waals surface area contributed by atoms with E-state index in [1.54, 1.807) is 13.8 Å². The molecule has 0 aliphatic carbocycles. The van der Waals surface area contributed by atoms with E-state index in [-0.39, 0.29) is 5.13 Å². The van der Waals surface area contributed by atoms with Crippen molar-refractivity contribution in [2.45, 2.75) is 19.4 Å². The predicted molar refractivity (Wildman–Crippen MR) is 72.1 cm³/mol. The Morgan fingerprint density at radius 3 is 2.52 bits per heavy atom. The van der Waals surface area contributed by atoms with Crippen LogP contribution < -0.4 is 5.32 Å². The molecule has 2 aromatic heterocycles. The maximum absolute atomic E-state index is 13.4. The molecule has 0 unspecified atom stereocenters. The van der Waals surface area contributed by atoms with E-state index in [9.17, 15) is 13.6 Å². The fourth-order valence-electron chi connectivity index (χ4n) is 1.40. The van der Waals surface area contributed by atoms with Crippen LogP contribution in [0.15, 0.2) is 12.4 Å². The number of carbonyl (C=O) groups is 1. The molecule has 2 aromatic rings. The van der Waals surface area contributed by atoms with Gasteiger partial charge in [-0.1, -0.05) is 0 Å². The number of anilines is 1. The molecule has 0 aliphatic rings. The zero-order chi connectivity index (χ0) is 15.6. The number of halogens is 2. The highest BCUT2D eigenvalue weighted by atomic mass is 32.1. The normalized spacial score (nSPS) is 11.5. The summed E-state index contributed by atoms with van der Waals surface area (Å²) in [6, 6.07) is 0. The van der Waals surface area contributed by atoms with E-state index in [4.69, 9.17) is 4.74 Å². The monoisotopic (exact) mass is 314 g/mol. The molecular formula is C12H12F2N4O2S. The van der Waals surface area contributed by atoms with E-state index >= 15 is 0 Å². The molecule has 0 bridgehead atoms. The second-order valence-electron chi connectivity index (χ2n) is 4.57. The van der Waals surface area contributed by atoms with Crippen LogP contribution in [0.25, 0.3) is 0 Å². The first-order chi connectivity index (χ1) is 9.85. The first-order valence-electron chi connectivity index (χ1n) is 5.85. The molecule has 1 N–H and O–H groups in total. The molecule has 0 aliphatic heterocycles. The molecule has 9 heteroatoms. The minimum absolute atomic E-state index is 0.121. The largest absolute Gasteiger partial charge is 0.371 e. The number of methoxy groups -OCH3 is 1. The number of nitrogens with one attached hydrogen (secondary N) is 1. The van der Waals surface area contributed by atoms with Crippen LogP contribution in [0.5, 0.6) is 0 Å². The Balaban J connectivity index is 2.21. The molecule has 0 spiro atoms. The molecule has 6 nitrogen and oxygen atoms in total. The van der Waals surface area contributed by atoms with Gasteiger partial charge in [0, 0.05) is 18.6 Å². The van der Waals surface area contributed by atoms with E-state index < -0.39 is 28.7 Å². The van der Waals surface area contributed by atoms with Crippen LogP contribution in [0.1, 0.15) is 30.0 Å². The molecule has 0 fully saturated rings. The Morgan fingerprint density at radius 1 is 1.33 bits per heavy atom. The van der Waals surface area contributed by atoms with E-state index in [0.717, 1.165) is 23.9 Å². The van der Waals surface area contributed by atoms with Crippen molar-refractivity contribution in [3.05, 3.63) is 35.4 Å². The number of aromatic nitrogens is 3. The Labute approximate surface area is 123 Å². The second-order valence-corrected chi connectivity index (χ2v) is 5.32. The van der Waals surface area contributed by atoms with Gasteiger partial charge in [0.25, 0.3) is 5.91 Å². The van der Waals surface area contributed by atoms with Crippen LogP contribution in [0, 0.1) is 11.6 Å². The Morgan fingerprint density at radius 2 is 1.95 bits per heavy atom. The highest BCUT2D eigenvalue weighted by Gasteiger charge is 2.26. The number of carbonyl (C=O) groups excluding carboxylic acids is 1. The van der Waals surface area contributed by atoms with Crippen molar-refractivity contribution in [3.63, 3.8) is 0 Å². The summed E-state index contributed by atoms with van der Waals surface area (Å²) in [4.78, 5) is 19.2. The number of pyridine rings is 1. The first-order valence-corrected chi connectivity index (χ1v) is 6.62. The van der Waals surface area contributed by atoms with Crippen molar-refractivity contribution in [1.29, 1.82) is 0 Å². The van der Waals surface area contributed by atoms with Gasteiger partial charge >= 0.3 is 0 Å². The summed E-state index contributed by atoms with van der Waals surface area (Å²) in [6.45, 7) is 3.51. The van der Waals surface area contributed by atoms with Crippen LogP contribution in [0.4, 0.5) is 13.9 Å². The molecule has 0 atom stereocenters. The van der Waals surface area contributed by atoms with Gasteiger partial charge in [-0.2, -0.15) is 4.37 Å². The van der Waals surface area contributed by atoms with E-state index in [2.05, 4.69) is 19.7 Å². The minimum Gasteiger partial charge on any atom is -0.371 e. The van der Waals surface area contributed by atoms with Crippen molar-refractivity contribution in [2.24, 2.45) is 0 Å². The lowest BCUT2D eigenvalue weighted by Gasteiger charge is -2.18. The topological polar surface area (TPSA) is 77.0 Å². The quantitative estimate of drug-likeness (QED) is 0.937. The summed E-state index contributed by atoms with van der Waals surface area (Å²) >= 11 is 0.893. The molecule has 0 saturated heterocycles. The highest BCUT2D eigenvalue weighted by Crippen LogP contribution is 2.24. The molecule has 21 heavy (non-hydrogen) atoms. The Kier molecular flexibility index (Phi) is 4.24. The summed E-state index contributed by atoms with van der Waals surface area (Å²) in [5.41, 5.74) is -1.44. The average molecular weight is 314 g/mol. The van der Waals surface area contributed by atoms with Gasteiger partial charge in [0.05, 0.1) is 12.4 Å². The number of ether oxygens (including phenoxy) is 1. The standard InChI is InChI=1S/C12H12F2N4O2S/c1-12(2,20-3)10-17-11(21-18-10)16-9(19)8-6(13)4-15-5-7(8)14/h4-5H,1-3H3,(H,16,17,18,19). The van der Waals surface area contributed by atoms with Crippen molar-refractivity contribution in [1.82, 2.24) is 14.3 Å². The van der Waals surface area contributed by atoms with Crippen molar-refractivity contribution < 1.29 is 18.3 Å². The number of hydrogen-bond donors (Lipinski definition) is 1. The van der Waals surface area contributed by atoms with Crippen LogP contribution >= 0.6 is 11.5 Å². The first kappa shape index (κ1) is 15.4. The predicted octanol–water partition coefficient (Wildman–Crippen LogP) is 2.35. The number of amides is 1. The van der Waals surface area contributed by atoms with E-state index in [1.165, 1.54) is 7.11 Å². The highest BCUT2D eigenvalue weighted by molar-refractivity contribution is 7.09. The summed E-state index contributed by atoms with van der Waals surface area (Å²) < 4.78 is 36.1. The zero-order valence-corrected chi connectivity index (χ0v) is 12.3. The third kappa shape index (κ3) is 3.19. The third-order valence-corrected chi connectivity index (χ3v) is 3.41. The van der Waals surface area contributed by atoms with Gasteiger partial charge in [0.1, 0.15) is 11.2 Å². The van der Waals surface area contributed by atoms with Crippen molar-refractivity contribution in [3.8, 4) is 0 Å². The summed E-state index contributed by atoms with van der Waals surface area (Å²) in [5.74, 6) is -2.68. The van der Waals surface area contributed by atoms with Gasteiger partial charge in [-0.3, -0.25) is 15.1 Å². The smallest absolute Gasteiger partial charge is 0.263 e. The Hall–Kier alpha value is -2.00. The number of hydrogen-bond acceptors (Lipinski definition) is 6. The SMILES string of the molecule is COC(C)(C)c1nsc(NC(=O)c2c(F)cncc2F)n1. The van der Waals surface area contributed by atoms with Gasteiger partial charge < -0.3 is 4.74 Å². The molecular weight excluding hydrogens is 302 g/mol. The fraction of sp³-hybridized carbons (Fsp3) is 0.333. The van der Waals surface area contributed by atoms with Crippen molar-refractivity contribution >= 4 is 22.6 Å². The van der Waals surface area contributed by atoms with Gasteiger partial charge in [0.15, 0.2) is 17.5 Å². The van der Waals surface area contributed by atoms with E-state index in [1.807, 2.05) is 0 Å². The van der Waals surface area contributed by atoms with Gasteiger partial charge in [0.2, 0.25) is 5.13 Å². The fourth-order valence-corrected chi connectivity index (χ4v) is 2.10. The Bertz CT molecular complexity index is 655. The molecule has 0 saturated carbocycles. The van der Waals surface area contributed by atoms with Crippen LogP contribution in [0.2, 0.25) is 0 Å². The lowest BCUT2D eigenvalue weighted by Crippen LogP contribution is -2.21. The molecule has 1 amide bonds. The van der Waals surface area contributed by atoms with Crippen LogP contribution in [0.3, 0.4) is 0 Å². The maximum atomic E-state index is 13.4. The lowest BCUT2D eigenvalue weighted by atomic mass is 10.1. The second kappa shape index (κ2) is 5.78. The molecule has 0 radical (unpaired) electrons. The third-order valence-electron chi connectivity index (χ3n) is 2.78. The molecule has 2 heterocycles. The minimum atomic E-state index is -1.05. The maximum Gasteiger partial charge on any atom is 0.263 e. The summed E-state index contributed by atoms with van der Waals surface area (Å²) in [5, 5.41) is 2.42. The number of rotatable bonds is 4. The van der Waals surface area contributed by atoms with Crippen molar-refractivity contribution in [2.75, 3.05) is 12.4 Å². The number of nitrogens with zero attached hydrogens (tertiary/aromatic N) is 3. The van der Waals surface area contributed by atoms with Crippen LogP contribution in [-0.2, 0) is 10.3 Å². The average Bonchev–Trinajstić information content (AvgIpc) is 2.87.